The summed E-state index contributed by atoms with van der Waals surface area (Å²) in [6, 6.07) is 6.31. The van der Waals surface area contributed by atoms with E-state index >= 15 is 0 Å². The standard InChI is InChI=1S/C16H19FN4/c1-11-15(21-9-7-18-8-10-21)12(2)20-16(19-11)13-3-5-14(17)6-4-13/h3-6,18H,7-10H2,1-2H3. The van der Waals surface area contributed by atoms with Crippen molar-refractivity contribution in [2.75, 3.05) is 31.1 Å². The second-order valence-electron chi connectivity index (χ2n) is 5.31. The summed E-state index contributed by atoms with van der Waals surface area (Å²) in [6.07, 6.45) is 0. The Kier molecular flexibility index (Phi) is 3.84. The highest BCUT2D eigenvalue weighted by Crippen LogP contribution is 2.26. The van der Waals surface area contributed by atoms with E-state index in [0.29, 0.717) is 5.82 Å². The van der Waals surface area contributed by atoms with E-state index in [9.17, 15) is 4.39 Å². The maximum absolute atomic E-state index is 13.0. The van der Waals surface area contributed by atoms with Gasteiger partial charge in [0.25, 0.3) is 0 Å². The summed E-state index contributed by atoms with van der Waals surface area (Å²) in [6.45, 7) is 7.94. The zero-order chi connectivity index (χ0) is 14.8. The van der Waals surface area contributed by atoms with Gasteiger partial charge in [0.1, 0.15) is 5.82 Å². The summed E-state index contributed by atoms with van der Waals surface area (Å²) in [5, 5.41) is 3.35. The maximum Gasteiger partial charge on any atom is 0.159 e. The molecule has 1 aromatic carbocycles. The monoisotopic (exact) mass is 286 g/mol. The Morgan fingerprint density at radius 1 is 1.00 bits per heavy atom. The van der Waals surface area contributed by atoms with Gasteiger partial charge in [-0.1, -0.05) is 0 Å². The van der Waals surface area contributed by atoms with Gasteiger partial charge < -0.3 is 10.2 Å². The Balaban J connectivity index is 1.97. The first kappa shape index (κ1) is 13.9. The molecular weight excluding hydrogens is 267 g/mol. The van der Waals surface area contributed by atoms with Gasteiger partial charge in [-0.25, -0.2) is 14.4 Å². The van der Waals surface area contributed by atoms with Gasteiger partial charge in [-0.2, -0.15) is 0 Å². The van der Waals surface area contributed by atoms with Crippen LogP contribution in [0.25, 0.3) is 11.4 Å². The summed E-state index contributed by atoms with van der Waals surface area (Å²) < 4.78 is 13.0. The third-order valence-corrected chi connectivity index (χ3v) is 3.77. The van der Waals surface area contributed by atoms with Gasteiger partial charge in [0, 0.05) is 31.7 Å². The fourth-order valence-corrected chi connectivity index (χ4v) is 2.78. The molecule has 1 aliphatic heterocycles. The van der Waals surface area contributed by atoms with Gasteiger partial charge >= 0.3 is 0 Å². The largest absolute Gasteiger partial charge is 0.366 e. The number of benzene rings is 1. The number of piperazine rings is 1. The second-order valence-corrected chi connectivity index (χ2v) is 5.31. The van der Waals surface area contributed by atoms with Crippen LogP contribution in [0.2, 0.25) is 0 Å². The molecule has 1 aliphatic rings. The molecule has 1 fully saturated rings. The molecule has 5 heteroatoms. The van der Waals surface area contributed by atoms with Crippen molar-refractivity contribution in [3.63, 3.8) is 0 Å². The van der Waals surface area contributed by atoms with Crippen LogP contribution < -0.4 is 10.2 Å². The molecule has 0 spiro atoms. The zero-order valence-corrected chi connectivity index (χ0v) is 12.4. The molecule has 0 bridgehead atoms. The first-order chi connectivity index (χ1) is 10.1. The summed E-state index contributed by atoms with van der Waals surface area (Å²) in [5.41, 5.74) is 3.92. The number of aromatic nitrogens is 2. The molecule has 0 amide bonds. The second kappa shape index (κ2) is 5.77. The van der Waals surface area contributed by atoms with Gasteiger partial charge in [-0.15, -0.1) is 0 Å². The number of halogens is 1. The molecule has 1 aromatic heterocycles. The molecule has 1 N–H and O–H groups in total. The predicted molar refractivity (Wildman–Crippen MR) is 82.0 cm³/mol. The minimum Gasteiger partial charge on any atom is -0.366 e. The van der Waals surface area contributed by atoms with E-state index in [2.05, 4.69) is 20.2 Å². The van der Waals surface area contributed by atoms with Gasteiger partial charge in [-0.3, -0.25) is 0 Å². The Bertz CT molecular complexity index is 610. The van der Waals surface area contributed by atoms with E-state index < -0.39 is 0 Å². The average molecular weight is 286 g/mol. The number of rotatable bonds is 2. The van der Waals surface area contributed by atoms with Crippen LogP contribution in [0.15, 0.2) is 24.3 Å². The van der Waals surface area contributed by atoms with Crippen molar-refractivity contribution in [3.8, 4) is 11.4 Å². The summed E-state index contributed by atoms with van der Waals surface area (Å²) >= 11 is 0. The number of nitrogens with zero attached hydrogens (tertiary/aromatic N) is 3. The number of aryl methyl sites for hydroxylation is 2. The normalized spacial score (nSPS) is 15.3. The smallest absolute Gasteiger partial charge is 0.159 e. The van der Waals surface area contributed by atoms with Crippen LogP contribution in [0.1, 0.15) is 11.4 Å². The van der Waals surface area contributed by atoms with Crippen molar-refractivity contribution in [2.45, 2.75) is 13.8 Å². The molecule has 0 atom stereocenters. The Hall–Kier alpha value is -2.01. The predicted octanol–water partition coefficient (Wildman–Crippen LogP) is 2.31. The third-order valence-electron chi connectivity index (χ3n) is 3.77. The molecule has 0 radical (unpaired) electrons. The molecule has 2 heterocycles. The lowest BCUT2D eigenvalue weighted by atomic mass is 10.1. The fraction of sp³-hybridized carbons (Fsp3) is 0.375. The van der Waals surface area contributed by atoms with Crippen LogP contribution in [0.3, 0.4) is 0 Å². The van der Waals surface area contributed by atoms with E-state index in [0.717, 1.165) is 48.8 Å². The van der Waals surface area contributed by atoms with Crippen LogP contribution in [0.4, 0.5) is 10.1 Å². The maximum atomic E-state index is 13.0. The summed E-state index contributed by atoms with van der Waals surface area (Å²) in [4.78, 5) is 11.6. The quantitative estimate of drug-likeness (QED) is 0.920. The number of anilines is 1. The highest BCUT2D eigenvalue weighted by atomic mass is 19.1. The van der Waals surface area contributed by atoms with E-state index in [4.69, 9.17) is 0 Å². The van der Waals surface area contributed by atoms with E-state index in [1.165, 1.54) is 12.1 Å². The molecule has 110 valence electrons. The van der Waals surface area contributed by atoms with Gasteiger partial charge in [0.05, 0.1) is 17.1 Å². The topological polar surface area (TPSA) is 41.1 Å². The minimum atomic E-state index is -0.246. The molecule has 0 aliphatic carbocycles. The zero-order valence-electron chi connectivity index (χ0n) is 12.4. The lowest BCUT2D eigenvalue weighted by Gasteiger charge is -2.31. The lowest BCUT2D eigenvalue weighted by Crippen LogP contribution is -2.44. The molecule has 1 saturated heterocycles. The molecular formula is C16H19FN4. The highest BCUT2D eigenvalue weighted by molar-refractivity contribution is 5.61. The van der Waals surface area contributed by atoms with E-state index in [-0.39, 0.29) is 5.82 Å². The van der Waals surface area contributed by atoms with Gasteiger partial charge in [0.2, 0.25) is 0 Å². The third kappa shape index (κ3) is 2.88. The van der Waals surface area contributed by atoms with Crippen molar-refractivity contribution in [3.05, 3.63) is 41.5 Å². The number of nitrogens with one attached hydrogen (secondary N) is 1. The van der Waals surface area contributed by atoms with Crippen molar-refractivity contribution in [2.24, 2.45) is 0 Å². The van der Waals surface area contributed by atoms with Crippen LogP contribution in [-0.4, -0.2) is 36.1 Å². The summed E-state index contributed by atoms with van der Waals surface area (Å²) in [5.74, 6) is 0.411. The Morgan fingerprint density at radius 3 is 2.14 bits per heavy atom. The lowest BCUT2D eigenvalue weighted by molar-refractivity contribution is 0.586. The van der Waals surface area contributed by atoms with Crippen molar-refractivity contribution >= 4 is 5.69 Å². The van der Waals surface area contributed by atoms with E-state index in [1.807, 2.05) is 13.8 Å². The molecule has 4 nitrogen and oxygen atoms in total. The fourth-order valence-electron chi connectivity index (χ4n) is 2.78. The molecule has 2 aromatic rings. The summed E-state index contributed by atoms with van der Waals surface area (Å²) in [7, 11) is 0. The van der Waals surface area contributed by atoms with E-state index in [1.54, 1.807) is 12.1 Å². The molecule has 21 heavy (non-hydrogen) atoms. The SMILES string of the molecule is Cc1nc(-c2ccc(F)cc2)nc(C)c1N1CCNCC1. The highest BCUT2D eigenvalue weighted by Gasteiger charge is 2.18. The first-order valence-corrected chi connectivity index (χ1v) is 7.22. The Morgan fingerprint density at radius 2 is 1.57 bits per heavy atom. The van der Waals surface area contributed by atoms with Crippen molar-refractivity contribution in [1.82, 2.24) is 15.3 Å². The van der Waals surface area contributed by atoms with Gasteiger partial charge in [0.15, 0.2) is 5.82 Å². The van der Waals surface area contributed by atoms with Crippen molar-refractivity contribution in [1.29, 1.82) is 0 Å². The number of hydrogen-bond acceptors (Lipinski definition) is 4. The minimum absolute atomic E-state index is 0.246. The first-order valence-electron chi connectivity index (χ1n) is 7.22. The Labute approximate surface area is 124 Å². The van der Waals surface area contributed by atoms with Crippen LogP contribution in [0, 0.1) is 19.7 Å². The average Bonchev–Trinajstić information content (AvgIpc) is 2.48. The van der Waals surface area contributed by atoms with Crippen LogP contribution in [0.5, 0.6) is 0 Å². The van der Waals surface area contributed by atoms with Crippen LogP contribution in [-0.2, 0) is 0 Å². The van der Waals surface area contributed by atoms with Crippen LogP contribution >= 0.6 is 0 Å². The molecule has 0 saturated carbocycles. The number of hydrogen-bond donors (Lipinski definition) is 1. The molecule has 0 unspecified atom stereocenters. The van der Waals surface area contributed by atoms with Crippen molar-refractivity contribution < 1.29 is 4.39 Å². The van der Waals surface area contributed by atoms with Gasteiger partial charge in [-0.05, 0) is 38.1 Å². The molecule has 3 rings (SSSR count).